The van der Waals surface area contributed by atoms with E-state index in [0.29, 0.717) is 6.10 Å². The van der Waals surface area contributed by atoms with Gasteiger partial charge in [-0.3, -0.25) is 0 Å². The first-order chi connectivity index (χ1) is 8.25. The van der Waals surface area contributed by atoms with Crippen LogP contribution in [-0.2, 0) is 4.74 Å². The van der Waals surface area contributed by atoms with Gasteiger partial charge in [-0.15, -0.1) is 0 Å². The summed E-state index contributed by atoms with van der Waals surface area (Å²) in [6, 6.07) is 8.38. The molecule has 4 heteroatoms. The Morgan fingerprint density at radius 2 is 2.06 bits per heavy atom. The van der Waals surface area contributed by atoms with Crippen molar-refractivity contribution in [1.82, 2.24) is 5.32 Å². The Morgan fingerprint density at radius 1 is 1.29 bits per heavy atom. The van der Waals surface area contributed by atoms with Gasteiger partial charge in [-0.2, -0.15) is 0 Å². The van der Waals surface area contributed by atoms with E-state index in [2.05, 4.69) is 41.8 Å². The van der Waals surface area contributed by atoms with Crippen molar-refractivity contribution in [2.24, 2.45) is 0 Å². The molecule has 2 aliphatic heterocycles. The van der Waals surface area contributed by atoms with Crippen molar-refractivity contribution >= 4 is 17.4 Å². The van der Waals surface area contributed by atoms with Crippen LogP contribution >= 0.6 is 11.8 Å². The third-order valence-electron chi connectivity index (χ3n) is 3.23. The van der Waals surface area contributed by atoms with Crippen molar-refractivity contribution in [2.45, 2.75) is 35.8 Å². The molecule has 0 radical (unpaired) electrons. The average molecular weight is 250 g/mol. The number of thioether (sulfide) groups is 1. The van der Waals surface area contributed by atoms with E-state index in [-0.39, 0.29) is 5.06 Å². The van der Waals surface area contributed by atoms with Gasteiger partial charge < -0.3 is 15.4 Å². The third-order valence-corrected chi connectivity index (χ3v) is 4.39. The van der Waals surface area contributed by atoms with Gasteiger partial charge in [0.05, 0.1) is 11.8 Å². The summed E-state index contributed by atoms with van der Waals surface area (Å²) in [5.41, 5.74) is 1.19. The van der Waals surface area contributed by atoms with Crippen LogP contribution in [0, 0.1) is 0 Å². The van der Waals surface area contributed by atoms with Crippen LogP contribution in [0.1, 0.15) is 19.8 Å². The molecule has 2 N–H and O–H groups in total. The minimum Gasteiger partial charge on any atom is -0.348 e. The minimum absolute atomic E-state index is 0.300. The Hall–Kier alpha value is -0.710. The maximum atomic E-state index is 6.23. The summed E-state index contributed by atoms with van der Waals surface area (Å²) in [6.07, 6.45) is 2.58. The lowest BCUT2D eigenvalue weighted by Gasteiger charge is -2.32. The van der Waals surface area contributed by atoms with E-state index in [1.54, 1.807) is 11.8 Å². The number of anilines is 1. The Bertz CT molecular complexity index is 379. The molecule has 1 fully saturated rings. The minimum atomic E-state index is -0.300. The van der Waals surface area contributed by atoms with Crippen LogP contribution in [0.4, 0.5) is 5.69 Å². The lowest BCUT2D eigenvalue weighted by atomic mass is 10.1. The van der Waals surface area contributed by atoms with Crippen molar-refractivity contribution in [3.8, 4) is 0 Å². The summed E-state index contributed by atoms with van der Waals surface area (Å²) in [7, 11) is 0. The Balaban J connectivity index is 1.68. The summed E-state index contributed by atoms with van der Waals surface area (Å²) >= 11 is 1.78. The first-order valence-electron chi connectivity index (χ1n) is 6.20. The van der Waals surface area contributed by atoms with Gasteiger partial charge in [0.25, 0.3) is 0 Å². The second-order valence-electron chi connectivity index (χ2n) is 4.74. The highest BCUT2D eigenvalue weighted by molar-refractivity contribution is 8.01. The van der Waals surface area contributed by atoms with Crippen molar-refractivity contribution in [3.63, 3.8) is 0 Å². The van der Waals surface area contributed by atoms with Crippen LogP contribution in [0.25, 0.3) is 0 Å². The molecule has 1 aromatic carbocycles. The number of hydrogen-bond acceptors (Lipinski definition) is 4. The van der Waals surface area contributed by atoms with Crippen LogP contribution in [-0.4, -0.2) is 24.3 Å². The highest BCUT2D eigenvalue weighted by Gasteiger charge is 2.36. The lowest BCUT2D eigenvalue weighted by Crippen LogP contribution is -2.40. The first-order valence-corrected chi connectivity index (χ1v) is 7.02. The summed E-state index contributed by atoms with van der Waals surface area (Å²) in [6.45, 7) is 4.26. The van der Waals surface area contributed by atoms with Gasteiger partial charge >= 0.3 is 0 Å². The van der Waals surface area contributed by atoms with Crippen molar-refractivity contribution < 1.29 is 4.74 Å². The third kappa shape index (κ3) is 2.44. The highest BCUT2D eigenvalue weighted by Crippen LogP contribution is 2.46. The van der Waals surface area contributed by atoms with Crippen molar-refractivity contribution in [1.29, 1.82) is 0 Å². The molecule has 0 saturated carbocycles. The molecule has 1 saturated heterocycles. The van der Waals surface area contributed by atoms with E-state index in [4.69, 9.17) is 4.74 Å². The van der Waals surface area contributed by atoms with E-state index in [1.807, 2.05) is 0 Å². The smallest absolute Gasteiger partial charge is 0.189 e. The molecule has 3 nitrogen and oxygen atoms in total. The van der Waals surface area contributed by atoms with Gasteiger partial charge in [-0.25, -0.2) is 0 Å². The maximum Gasteiger partial charge on any atom is 0.189 e. The number of rotatable bonds is 2. The number of para-hydroxylation sites is 1. The van der Waals surface area contributed by atoms with E-state index < -0.39 is 0 Å². The predicted molar refractivity (Wildman–Crippen MR) is 71.3 cm³/mol. The molecule has 0 aromatic heterocycles. The molecular formula is C13H18N2OS. The fourth-order valence-electron chi connectivity index (χ4n) is 2.42. The van der Waals surface area contributed by atoms with E-state index in [1.165, 1.54) is 10.6 Å². The number of benzene rings is 1. The number of ether oxygens (including phenoxy) is 1. The molecule has 3 rings (SSSR count). The molecule has 2 aliphatic rings. The zero-order valence-corrected chi connectivity index (χ0v) is 10.8. The molecule has 0 amide bonds. The molecule has 0 bridgehead atoms. The van der Waals surface area contributed by atoms with Crippen LogP contribution in [0.3, 0.4) is 0 Å². The van der Waals surface area contributed by atoms with Gasteiger partial charge in [-0.05, 0) is 45.0 Å². The molecule has 1 atom stereocenters. The SMILES string of the molecule is CC1(OC2CCNCC2)Nc2ccccc2S1. The fourth-order valence-corrected chi connectivity index (χ4v) is 3.56. The Morgan fingerprint density at radius 3 is 2.82 bits per heavy atom. The summed E-state index contributed by atoms with van der Waals surface area (Å²) in [4.78, 5) is 1.28. The predicted octanol–water partition coefficient (Wildman–Crippen LogP) is 2.65. The average Bonchev–Trinajstić information content (AvgIpc) is 2.66. The van der Waals surface area contributed by atoms with E-state index in [9.17, 15) is 0 Å². The first kappa shape index (κ1) is 11.4. The highest BCUT2D eigenvalue weighted by atomic mass is 32.2. The van der Waals surface area contributed by atoms with Crippen LogP contribution in [0.2, 0.25) is 0 Å². The zero-order valence-electron chi connectivity index (χ0n) is 10.0. The largest absolute Gasteiger partial charge is 0.348 e. The summed E-state index contributed by atoms with van der Waals surface area (Å²) in [5.74, 6) is 0. The number of nitrogens with one attached hydrogen (secondary N) is 2. The number of piperidine rings is 1. The zero-order chi connectivity index (χ0) is 11.7. The Kier molecular flexibility index (Phi) is 3.03. The fraction of sp³-hybridized carbons (Fsp3) is 0.538. The lowest BCUT2D eigenvalue weighted by molar-refractivity contribution is -0.0220. The summed E-state index contributed by atoms with van der Waals surface area (Å²) in [5, 5.41) is 6.54. The molecule has 1 unspecified atom stereocenters. The quantitative estimate of drug-likeness (QED) is 0.845. The monoisotopic (exact) mass is 250 g/mol. The molecule has 2 heterocycles. The van der Waals surface area contributed by atoms with Gasteiger partial charge in [0.1, 0.15) is 0 Å². The van der Waals surface area contributed by atoms with Crippen LogP contribution in [0.15, 0.2) is 29.2 Å². The summed E-state index contributed by atoms with van der Waals surface area (Å²) < 4.78 is 6.23. The molecule has 92 valence electrons. The second kappa shape index (κ2) is 4.52. The molecule has 1 aromatic rings. The topological polar surface area (TPSA) is 33.3 Å². The molecule has 0 spiro atoms. The number of hydrogen-bond donors (Lipinski definition) is 2. The van der Waals surface area contributed by atoms with Gasteiger partial charge in [0.2, 0.25) is 0 Å². The number of fused-ring (bicyclic) bond motifs is 1. The van der Waals surface area contributed by atoms with Gasteiger partial charge in [0, 0.05) is 4.90 Å². The van der Waals surface area contributed by atoms with Crippen molar-refractivity contribution in [3.05, 3.63) is 24.3 Å². The standard InChI is InChI=1S/C13H18N2OS/c1-13(16-10-6-8-14-9-7-10)15-11-4-2-3-5-12(11)17-13/h2-5,10,14-15H,6-9H2,1H3. The van der Waals surface area contributed by atoms with Gasteiger partial charge in [0.15, 0.2) is 5.06 Å². The normalized spacial score (nSPS) is 28.8. The Labute approximate surface area is 106 Å². The van der Waals surface area contributed by atoms with E-state index in [0.717, 1.165) is 25.9 Å². The van der Waals surface area contributed by atoms with Crippen LogP contribution in [0.5, 0.6) is 0 Å². The van der Waals surface area contributed by atoms with Gasteiger partial charge in [-0.1, -0.05) is 23.9 Å². The second-order valence-corrected chi connectivity index (χ2v) is 6.16. The van der Waals surface area contributed by atoms with Crippen LogP contribution < -0.4 is 10.6 Å². The van der Waals surface area contributed by atoms with E-state index >= 15 is 0 Å². The molecule has 17 heavy (non-hydrogen) atoms. The molecule has 0 aliphatic carbocycles. The van der Waals surface area contributed by atoms with Crippen molar-refractivity contribution in [2.75, 3.05) is 18.4 Å². The molecular weight excluding hydrogens is 232 g/mol. The maximum absolute atomic E-state index is 6.23.